The first-order valence-electron chi connectivity index (χ1n) is 9.09. The molecule has 0 bridgehead atoms. The minimum atomic E-state index is -0.393. The molecule has 0 radical (unpaired) electrons. The molecule has 4 amide bonds. The van der Waals surface area contributed by atoms with Crippen molar-refractivity contribution in [2.75, 3.05) is 16.8 Å². The molecule has 0 aliphatic rings. The third kappa shape index (κ3) is 7.09. The zero-order chi connectivity index (χ0) is 19.5. The second kappa shape index (κ2) is 11.1. The quantitative estimate of drug-likeness (QED) is 0.542. The van der Waals surface area contributed by atoms with E-state index in [0.717, 1.165) is 17.7 Å². The number of urea groups is 1. The van der Waals surface area contributed by atoms with Gasteiger partial charge in [0.25, 0.3) is 5.91 Å². The molecule has 2 N–H and O–H groups in total. The lowest BCUT2D eigenvalue weighted by Crippen LogP contribution is -2.35. The number of unbranched alkanes of at least 4 members (excludes halogenated alkanes) is 1. The molecule has 1 rings (SSSR count). The van der Waals surface area contributed by atoms with Gasteiger partial charge in [-0.1, -0.05) is 46.3 Å². The maximum Gasteiger partial charge on any atom is 0.319 e. The van der Waals surface area contributed by atoms with E-state index in [-0.39, 0.29) is 24.3 Å². The van der Waals surface area contributed by atoms with Crippen molar-refractivity contribution in [1.29, 1.82) is 0 Å². The fraction of sp³-hybridized carbons (Fsp3) is 0.450. The Balaban J connectivity index is 2.96. The topological polar surface area (TPSA) is 78.5 Å². The van der Waals surface area contributed by atoms with Crippen molar-refractivity contribution in [3.8, 4) is 0 Å². The highest BCUT2D eigenvalue weighted by Crippen LogP contribution is 2.21. The molecule has 1 aromatic rings. The average molecular weight is 359 g/mol. The van der Waals surface area contributed by atoms with E-state index in [2.05, 4.69) is 10.6 Å². The van der Waals surface area contributed by atoms with Crippen LogP contribution in [0.3, 0.4) is 0 Å². The molecule has 1 aromatic carbocycles. The van der Waals surface area contributed by atoms with Crippen molar-refractivity contribution < 1.29 is 14.4 Å². The second-order valence-corrected chi connectivity index (χ2v) is 6.31. The predicted molar refractivity (Wildman–Crippen MR) is 105 cm³/mol. The molecule has 0 unspecified atom stereocenters. The van der Waals surface area contributed by atoms with E-state index in [1.54, 1.807) is 37.3 Å². The monoisotopic (exact) mass is 359 g/mol. The normalized spacial score (nSPS) is 10.8. The summed E-state index contributed by atoms with van der Waals surface area (Å²) in [6.45, 7) is 8.26. The van der Waals surface area contributed by atoms with Crippen LogP contribution in [-0.4, -0.2) is 24.4 Å². The first-order valence-corrected chi connectivity index (χ1v) is 9.09. The SMILES string of the molecule is CCCCNC(=O)Nc1cccc(N(C(=O)C=CC(C)C)C(=O)CC)c1. The summed E-state index contributed by atoms with van der Waals surface area (Å²) in [7, 11) is 0. The number of carbonyl (C=O) groups is 3. The number of hydrogen-bond donors (Lipinski definition) is 2. The van der Waals surface area contributed by atoms with E-state index >= 15 is 0 Å². The molecule has 0 aliphatic heterocycles. The molecule has 0 spiro atoms. The van der Waals surface area contributed by atoms with Crippen molar-refractivity contribution in [1.82, 2.24) is 5.32 Å². The number of imide groups is 1. The van der Waals surface area contributed by atoms with Crippen LogP contribution in [0.5, 0.6) is 0 Å². The van der Waals surface area contributed by atoms with Crippen LogP contribution in [0, 0.1) is 5.92 Å². The number of nitrogens with zero attached hydrogens (tertiary/aromatic N) is 1. The molecule has 0 aromatic heterocycles. The molecule has 0 fully saturated rings. The molecule has 6 heteroatoms. The van der Waals surface area contributed by atoms with Gasteiger partial charge in [-0.2, -0.15) is 0 Å². The van der Waals surface area contributed by atoms with Gasteiger partial charge >= 0.3 is 6.03 Å². The zero-order valence-electron chi connectivity index (χ0n) is 16.0. The number of nitrogens with one attached hydrogen (secondary N) is 2. The lowest BCUT2D eigenvalue weighted by atomic mass is 10.2. The molecular weight excluding hydrogens is 330 g/mol. The van der Waals surface area contributed by atoms with Crippen molar-refractivity contribution >= 4 is 29.2 Å². The first kappa shape index (κ1) is 21.4. The van der Waals surface area contributed by atoms with Gasteiger partial charge in [0.15, 0.2) is 0 Å². The van der Waals surface area contributed by atoms with Gasteiger partial charge < -0.3 is 10.6 Å². The molecule has 0 heterocycles. The highest BCUT2D eigenvalue weighted by Gasteiger charge is 2.20. The Morgan fingerprint density at radius 1 is 1.19 bits per heavy atom. The second-order valence-electron chi connectivity index (χ2n) is 6.31. The lowest BCUT2D eigenvalue weighted by molar-refractivity contribution is -0.124. The van der Waals surface area contributed by atoms with Crippen LogP contribution in [0.2, 0.25) is 0 Å². The van der Waals surface area contributed by atoms with Gasteiger partial charge in [0.05, 0.1) is 5.69 Å². The fourth-order valence-electron chi connectivity index (χ4n) is 2.18. The van der Waals surface area contributed by atoms with Gasteiger partial charge in [-0.25, -0.2) is 9.69 Å². The number of benzene rings is 1. The molecule has 0 aliphatic carbocycles. The Kier molecular flexibility index (Phi) is 9.12. The van der Waals surface area contributed by atoms with E-state index in [1.165, 1.54) is 6.08 Å². The minimum Gasteiger partial charge on any atom is -0.338 e. The molecule has 142 valence electrons. The summed E-state index contributed by atoms with van der Waals surface area (Å²) in [6, 6.07) is 6.40. The van der Waals surface area contributed by atoms with Crippen LogP contribution >= 0.6 is 0 Å². The molecule has 0 saturated heterocycles. The van der Waals surface area contributed by atoms with Gasteiger partial charge in [-0.05, 0) is 30.5 Å². The van der Waals surface area contributed by atoms with Gasteiger partial charge in [0.1, 0.15) is 0 Å². The third-order valence-corrected chi connectivity index (χ3v) is 3.57. The summed E-state index contributed by atoms with van der Waals surface area (Å²) in [5.74, 6) is -0.486. The van der Waals surface area contributed by atoms with E-state index in [9.17, 15) is 14.4 Å². The maximum atomic E-state index is 12.5. The van der Waals surface area contributed by atoms with Crippen LogP contribution < -0.4 is 15.5 Å². The zero-order valence-corrected chi connectivity index (χ0v) is 16.0. The number of amides is 4. The van der Waals surface area contributed by atoms with Crippen LogP contribution in [0.15, 0.2) is 36.4 Å². The Morgan fingerprint density at radius 2 is 1.92 bits per heavy atom. The Morgan fingerprint density at radius 3 is 2.54 bits per heavy atom. The number of allylic oxidation sites excluding steroid dienone is 1. The van der Waals surface area contributed by atoms with E-state index < -0.39 is 5.91 Å². The number of anilines is 2. The molecule has 6 nitrogen and oxygen atoms in total. The summed E-state index contributed by atoms with van der Waals surface area (Å²) >= 11 is 0. The van der Waals surface area contributed by atoms with Crippen molar-refractivity contribution in [2.24, 2.45) is 5.92 Å². The summed E-state index contributed by atoms with van der Waals surface area (Å²) in [6.07, 6.45) is 5.27. The molecule has 0 saturated carbocycles. The molecule has 0 atom stereocenters. The maximum absolute atomic E-state index is 12.5. The van der Waals surface area contributed by atoms with Crippen LogP contribution in [0.4, 0.5) is 16.2 Å². The van der Waals surface area contributed by atoms with Crippen LogP contribution in [0.25, 0.3) is 0 Å². The largest absolute Gasteiger partial charge is 0.338 e. The van der Waals surface area contributed by atoms with E-state index in [4.69, 9.17) is 0 Å². The fourth-order valence-corrected chi connectivity index (χ4v) is 2.18. The molecule has 26 heavy (non-hydrogen) atoms. The first-order chi connectivity index (χ1) is 12.4. The minimum absolute atomic E-state index is 0.205. The van der Waals surface area contributed by atoms with Crippen LogP contribution in [-0.2, 0) is 9.59 Å². The van der Waals surface area contributed by atoms with Crippen molar-refractivity contribution in [3.63, 3.8) is 0 Å². The third-order valence-electron chi connectivity index (χ3n) is 3.57. The van der Waals surface area contributed by atoms with E-state index in [0.29, 0.717) is 17.9 Å². The number of carbonyl (C=O) groups excluding carboxylic acids is 3. The highest BCUT2D eigenvalue weighted by atomic mass is 16.2. The summed E-state index contributed by atoms with van der Waals surface area (Å²) in [4.78, 5) is 37.8. The average Bonchev–Trinajstić information content (AvgIpc) is 2.60. The summed E-state index contributed by atoms with van der Waals surface area (Å²) < 4.78 is 0. The Hall–Kier alpha value is -2.63. The van der Waals surface area contributed by atoms with Gasteiger partial charge in [0, 0.05) is 24.7 Å². The van der Waals surface area contributed by atoms with Crippen LogP contribution in [0.1, 0.15) is 47.0 Å². The summed E-state index contributed by atoms with van der Waals surface area (Å²) in [5.41, 5.74) is 0.952. The lowest BCUT2D eigenvalue weighted by Gasteiger charge is -2.20. The summed E-state index contributed by atoms with van der Waals surface area (Å²) in [5, 5.41) is 5.49. The van der Waals surface area contributed by atoms with Gasteiger partial charge in [-0.15, -0.1) is 0 Å². The smallest absolute Gasteiger partial charge is 0.319 e. The van der Waals surface area contributed by atoms with Gasteiger partial charge in [0.2, 0.25) is 5.91 Å². The predicted octanol–water partition coefficient (Wildman–Crippen LogP) is 4.09. The van der Waals surface area contributed by atoms with Crippen molar-refractivity contribution in [3.05, 3.63) is 36.4 Å². The molecular formula is C20H29N3O3. The number of hydrogen-bond acceptors (Lipinski definition) is 3. The number of rotatable bonds is 8. The Labute approximate surface area is 155 Å². The van der Waals surface area contributed by atoms with E-state index in [1.807, 2.05) is 20.8 Å². The van der Waals surface area contributed by atoms with Gasteiger partial charge in [-0.3, -0.25) is 9.59 Å². The van der Waals surface area contributed by atoms with Crippen molar-refractivity contribution in [2.45, 2.75) is 47.0 Å². The standard InChI is InChI=1S/C20H29N3O3/c1-5-7-13-21-20(26)22-16-9-8-10-17(14-16)23(18(24)6-2)19(25)12-11-15(3)4/h8-12,14-15H,5-7,13H2,1-4H3,(H2,21,22,26). The highest BCUT2D eigenvalue weighted by molar-refractivity contribution is 6.18. The Bertz CT molecular complexity index is 653.